The number of rotatable bonds is 2. The summed E-state index contributed by atoms with van der Waals surface area (Å²) in [6.07, 6.45) is 2.30. The van der Waals surface area contributed by atoms with E-state index in [1.807, 2.05) is 11.9 Å². The second-order valence-corrected chi connectivity index (χ2v) is 8.12. The third kappa shape index (κ3) is 3.26. The van der Waals surface area contributed by atoms with E-state index in [1.54, 1.807) is 17.0 Å². The zero-order valence-corrected chi connectivity index (χ0v) is 14.5. The molecule has 132 valence electrons. The number of carbonyl (C=O) groups excluding carboxylic acids is 1. The number of benzene rings is 1. The molecule has 1 fully saturated rings. The number of nitrogens with zero attached hydrogens (tertiary/aromatic N) is 2. The van der Waals surface area contributed by atoms with Crippen LogP contribution in [0.5, 0.6) is 0 Å². The second kappa shape index (κ2) is 6.34. The lowest BCUT2D eigenvalue weighted by Crippen LogP contribution is -2.52. The van der Waals surface area contributed by atoms with Gasteiger partial charge in [0.15, 0.2) is 0 Å². The maximum Gasteiger partial charge on any atom is 0.245 e. The highest BCUT2D eigenvalue weighted by Crippen LogP contribution is 2.32. The number of hydrogen-bond donors (Lipinski definition) is 2. The smallest absolute Gasteiger partial charge is 0.245 e. The molecule has 8 heteroatoms. The predicted octanol–water partition coefficient (Wildman–Crippen LogP) is 0.0683. The lowest BCUT2D eigenvalue weighted by Gasteiger charge is -2.39. The Hall–Kier alpha value is -1.64. The van der Waals surface area contributed by atoms with E-state index in [-0.39, 0.29) is 22.9 Å². The zero-order valence-electron chi connectivity index (χ0n) is 13.7. The number of piperidine rings is 1. The quantitative estimate of drug-likeness (QED) is 0.783. The molecule has 1 saturated heterocycles. The predicted molar refractivity (Wildman–Crippen MR) is 90.1 cm³/mol. The van der Waals surface area contributed by atoms with Crippen LogP contribution in [0.15, 0.2) is 23.1 Å². The number of primary sulfonamides is 1. The van der Waals surface area contributed by atoms with Crippen LogP contribution in [-0.4, -0.2) is 56.6 Å². The second-order valence-electron chi connectivity index (χ2n) is 6.56. The van der Waals surface area contributed by atoms with Crippen molar-refractivity contribution in [3.05, 3.63) is 23.8 Å². The Morgan fingerprint density at radius 2 is 1.92 bits per heavy atom. The number of aryl methyl sites for hydroxylation is 1. The summed E-state index contributed by atoms with van der Waals surface area (Å²) in [6, 6.07) is 4.51. The van der Waals surface area contributed by atoms with Gasteiger partial charge in [-0.15, -0.1) is 0 Å². The number of aliphatic hydroxyl groups excluding tert-OH is 1. The van der Waals surface area contributed by atoms with Crippen molar-refractivity contribution < 1.29 is 18.3 Å². The SMILES string of the molecule is CN1c2cc(S(N)(=O)=O)ccc2CCC1C(=O)N1CCC(O)CC1. The summed E-state index contributed by atoms with van der Waals surface area (Å²) in [5.41, 5.74) is 1.76. The van der Waals surface area contributed by atoms with Gasteiger partial charge in [0.25, 0.3) is 0 Å². The van der Waals surface area contributed by atoms with E-state index in [9.17, 15) is 18.3 Å². The van der Waals surface area contributed by atoms with E-state index in [0.29, 0.717) is 32.4 Å². The van der Waals surface area contributed by atoms with E-state index in [0.717, 1.165) is 17.7 Å². The molecule has 0 radical (unpaired) electrons. The van der Waals surface area contributed by atoms with Crippen LogP contribution in [0.1, 0.15) is 24.8 Å². The molecule has 24 heavy (non-hydrogen) atoms. The first kappa shape index (κ1) is 17.2. The number of nitrogens with two attached hydrogens (primary N) is 1. The molecular weight excluding hydrogens is 330 g/mol. The molecule has 0 aromatic heterocycles. The van der Waals surface area contributed by atoms with Crippen LogP contribution in [0.2, 0.25) is 0 Å². The van der Waals surface area contributed by atoms with E-state index in [1.165, 1.54) is 6.07 Å². The summed E-state index contributed by atoms with van der Waals surface area (Å²) < 4.78 is 23.2. The van der Waals surface area contributed by atoms with Crippen LogP contribution in [0.4, 0.5) is 5.69 Å². The first-order chi connectivity index (χ1) is 11.3. The number of amides is 1. The highest BCUT2D eigenvalue weighted by atomic mass is 32.2. The standard InChI is InChI=1S/C16H23N3O4S/c1-18-14(16(21)19-8-6-12(20)7-9-19)5-3-11-2-4-13(10-15(11)18)24(17,22)23/h2,4,10,12,14,20H,3,5-9H2,1H3,(H2,17,22,23). The van der Waals surface area contributed by atoms with E-state index in [4.69, 9.17) is 5.14 Å². The Kier molecular flexibility index (Phi) is 4.54. The number of sulfonamides is 1. The largest absolute Gasteiger partial charge is 0.393 e. The number of fused-ring (bicyclic) bond motifs is 1. The minimum absolute atomic E-state index is 0.0380. The average Bonchev–Trinajstić information content (AvgIpc) is 2.54. The normalized spacial score (nSPS) is 22.4. The average molecular weight is 353 g/mol. The van der Waals surface area contributed by atoms with E-state index < -0.39 is 10.0 Å². The fourth-order valence-electron chi connectivity index (χ4n) is 3.50. The van der Waals surface area contributed by atoms with Gasteiger partial charge in [0.2, 0.25) is 15.9 Å². The molecule has 1 unspecified atom stereocenters. The number of anilines is 1. The van der Waals surface area contributed by atoms with Gasteiger partial charge in [-0.3, -0.25) is 4.79 Å². The lowest BCUT2D eigenvalue weighted by molar-refractivity contribution is -0.134. The summed E-state index contributed by atoms with van der Waals surface area (Å²) in [7, 11) is -1.96. The summed E-state index contributed by atoms with van der Waals surface area (Å²) in [6.45, 7) is 1.13. The van der Waals surface area contributed by atoms with Crippen molar-refractivity contribution in [2.45, 2.75) is 42.7 Å². The summed E-state index contributed by atoms with van der Waals surface area (Å²) in [5, 5.41) is 14.8. The van der Waals surface area contributed by atoms with Gasteiger partial charge in [-0.05, 0) is 43.4 Å². The third-order valence-corrected chi connectivity index (χ3v) is 5.89. The monoisotopic (exact) mass is 353 g/mol. The minimum Gasteiger partial charge on any atom is -0.393 e. The highest BCUT2D eigenvalue weighted by molar-refractivity contribution is 7.89. The summed E-state index contributed by atoms with van der Waals surface area (Å²) in [5.74, 6) is 0.0380. The fourth-order valence-corrected chi connectivity index (χ4v) is 4.03. The molecule has 3 rings (SSSR count). The fraction of sp³-hybridized carbons (Fsp3) is 0.562. The van der Waals surface area contributed by atoms with Gasteiger partial charge >= 0.3 is 0 Å². The van der Waals surface area contributed by atoms with E-state index in [2.05, 4.69) is 0 Å². The Bertz CT molecular complexity index is 742. The Balaban J connectivity index is 1.83. The molecule has 1 aromatic carbocycles. The van der Waals surface area contributed by atoms with E-state index >= 15 is 0 Å². The third-order valence-electron chi connectivity index (χ3n) is 4.98. The number of hydrogen-bond acceptors (Lipinski definition) is 5. The Morgan fingerprint density at radius 3 is 2.54 bits per heavy atom. The molecule has 1 aromatic rings. The van der Waals surface area contributed by atoms with Crippen LogP contribution in [0.25, 0.3) is 0 Å². The molecular formula is C16H23N3O4S. The van der Waals surface area contributed by atoms with Gasteiger partial charge in [-0.1, -0.05) is 6.07 Å². The molecule has 2 heterocycles. The maximum atomic E-state index is 12.8. The Morgan fingerprint density at radius 1 is 1.25 bits per heavy atom. The van der Waals surface area contributed by atoms with Crippen LogP contribution >= 0.6 is 0 Å². The minimum atomic E-state index is -3.77. The van der Waals surface area contributed by atoms with Gasteiger partial charge < -0.3 is 14.9 Å². The molecule has 0 spiro atoms. The molecule has 2 aliphatic rings. The molecule has 7 nitrogen and oxygen atoms in total. The van der Waals surface area contributed by atoms with Crippen molar-refractivity contribution in [1.82, 2.24) is 4.90 Å². The van der Waals surface area contributed by atoms with Gasteiger partial charge in [-0.25, -0.2) is 13.6 Å². The van der Waals surface area contributed by atoms with Crippen LogP contribution < -0.4 is 10.0 Å². The molecule has 1 amide bonds. The molecule has 2 aliphatic heterocycles. The lowest BCUT2D eigenvalue weighted by atomic mass is 9.95. The molecule has 3 N–H and O–H groups in total. The molecule has 0 aliphatic carbocycles. The molecule has 1 atom stereocenters. The first-order valence-electron chi connectivity index (χ1n) is 8.13. The topological polar surface area (TPSA) is 104 Å². The van der Waals surface area contributed by atoms with Crippen molar-refractivity contribution in [3.8, 4) is 0 Å². The zero-order chi connectivity index (χ0) is 17.5. The van der Waals surface area contributed by atoms with Crippen LogP contribution in [0.3, 0.4) is 0 Å². The van der Waals surface area contributed by atoms with Crippen molar-refractivity contribution >= 4 is 21.6 Å². The number of likely N-dealkylation sites (tertiary alicyclic amines) is 1. The van der Waals surface area contributed by atoms with Gasteiger partial charge in [0.1, 0.15) is 6.04 Å². The van der Waals surface area contributed by atoms with Crippen LogP contribution in [0, 0.1) is 0 Å². The molecule has 0 bridgehead atoms. The van der Waals surface area contributed by atoms with Gasteiger partial charge in [0.05, 0.1) is 11.0 Å². The van der Waals surface area contributed by atoms with Crippen molar-refractivity contribution in [3.63, 3.8) is 0 Å². The van der Waals surface area contributed by atoms with Gasteiger partial charge in [-0.2, -0.15) is 0 Å². The number of likely N-dealkylation sites (N-methyl/N-ethyl adjacent to an activating group) is 1. The summed E-state index contributed by atoms with van der Waals surface area (Å²) >= 11 is 0. The maximum absolute atomic E-state index is 12.8. The Labute approximate surface area is 142 Å². The van der Waals surface area contributed by atoms with Crippen molar-refractivity contribution in [1.29, 1.82) is 0 Å². The summed E-state index contributed by atoms with van der Waals surface area (Å²) in [4.78, 5) is 16.5. The van der Waals surface area contributed by atoms with Crippen LogP contribution in [-0.2, 0) is 21.2 Å². The number of carbonyl (C=O) groups is 1. The molecule has 0 saturated carbocycles. The highest BCUT2D eigenvalue weighted by Gasteiger charge is 2.34. The van der Waals surface area contributed by atoms with Gasteiger partial charge in [0, 0.05) is 25.8 Å². The van der Waals surface area contributed by atoms with Crippen molar-refractivity contribution in [2.75, 3.05) is 25.0 Å². The number of aliphatic hydroxyl groups is 1. The first-order valence-corrected chi connectivity index (χ1v) is 9.67. The van der Waals surface area contributed by atoms with Crippen molar-refractivity contribution in [2.24, 2.45) is 5.14 Å².